The summed E-state index contributed by atoms with van der Waals surface area (Å²) in [6.45, 7) is 3.99. The van der Waals surface area contributed by atoms with Gasteiger partial charge in [0, 0.05) is 33.4 Å². The van der Waals surface area contributed by atoms with Crippen molar-refractivity contribution in [3.05, 3.63) is 95.6 Å². The molecule has 3 aliphatic rings. The van der Waals surface area contributed by atoms with Crippen molar-refractivity contribution in [1.82, 2.24) is 9.97 Å². The largest absolute Gasteiger partial charge is 0.476 e. The first-order valence-electron chi connectivity index (χ1n) is 13.0. The number of benzene rings is 3. The van der Waals surface area contributed by atoms with E-state index in [9.17, 15) is 0 Å². The second-order valence-corrected chi connectivity index (χ2v) is 9.30. The smallest absolute Gasteiger partial charge is 0.216 e. The van der Waals surface area contributed by atoms with Crippen molar-refractivity contribution >= 4 is 17.7 Å². The van der Waals surface area contributed by atoms with Gasteiger partial charge in [-0.3, -0.25) is 0 Å². The van der Waals surface area contributed by atoms with Crippen LogP contribution in [0.25, 0.3) is 33.9 Å². The van der Waals surface area contributed by atoms with Crippen LogP contribution in [0.15, 0.2) is 93.8 Å². The molecule has 0 spiro atoms. The highest BCUT2D eigenvalue weighted by Gasteiger charge is 2.16. The van der Waals surface area contributed by atoms with E-state index in [1.54, 1.807) is 0 Å². The van der Waals surface area contributed by atoms with Crippen molar-refractivity contribution in [3.63, 3.8) is 0 Å². The molecule has 4 heterocycles. The van der Waals surface area contributed by atoms with E-state index in [1.165, 1.54) is 0 Å². The van der Waals surface area contributed by atoms with Crippen molar-refractivity contribution < 1.29 is 14.2 Å². The average Bonchev–Trinajstić information content (AvgIpc) is 3.82. The molecular weight excluding hydrogens is 490 g/mol. The van der Waals surface area contributed by atoms with Crippen LogP contribution >= 0.6 is 0 Å². The summed E-state index contributed by atoms with van der Waals surface area (Å²) in [5, 5.41) is 0. The minimum Gasteiger partial charge on any atom is -0.476 e. The minimum absolute atomic E-state index is 0.627. The number of hydrogen-bond acceptors (Lipinski definition) is 8. The number of hydrogen-bond donors (Lipinski definition) is 0. The third-order valence-electron chi connectivity index (χ3n) is 6.73. The molecule has 0 saturated heterocycles. The summed E-state index contributed by atoms with van der Waals surface area (Å²) in [5.74, 6) is 2.71. The topological polar surface area (TPSA) is 90.6 Å². The third kappa shape index (κ3) is 4.77. The average molecular weight is 516 g/mol. The van der Waals surface area contributed by atoms with Gasteiger partial charge in [-0.1, -0.05) is 36.4 Å². The van der Waals surface area contributed by atoms with E-state index in [-0.39, 0.29) is 0 Å². The molecule has 8 nitrogen and oxygen atoms in total. The molecule has 7 rings (SSSR count). The van der Waals surface area contributed by atoms with Crippen molar-refractivity contribution in [2.24, 2.45) is 15.0 Å². The SMILES string of the molecule is c1cc(-c2cc(-c3ccc(C4=NCCO4)cc3)nc(-c3ccc(C4=NCCO4)cc3)n2)ccc1C1=NCCO1. The molecule has 39 heavy (non-hydrogen) atoms. The summed E-state index contributed by atoms with van der Waals surface area (Å²) in [7, 11) is 0. The van der Waals surface area contributed by atoms with Crippen LogP contribution in [-0.4, -0.2) is 67.1 Å². The zero-order chi connectivity index (χ0) is 26.0. The Morgan fingerprint density at radius 3 is 1.08 bits per heavy atom. The minimum atomic E-state index is 0.627. The highest BCUT2D eigenvalue weighted by molar-refractivity contribution is 5.96. The van der Waals surface area contributed by atoms with Gasteiger partial charge in [-0.05, 0) is 42.5 Å². The predicted molar refractivity (Wildman–Crippen MR) is 150 cm³/mol. The molecule has 1 aromatic heterocycles. The van der Waals surface area contributed by atoms with Crippen molar-refractivity contribution in [2.45, 2.75) is 0 Å². The highest BCUT2D eigenvalue weighted by Crippen LogP contribution is 2.29. The van der Waals surface area contributed by atoms with E-state index < -0.39 is 0 Å². The summed E-state index contributed by atoms with van der Waals surface area (Å²) in [5.41, 5.74) is 7.42. The zero-order valence-electron chi connectivity index (χ0n) is 21.2. The fourth-order valence-corrected chi connectivity index (χ4v) is 4.73. The third-order valence-corrected chi connectivity index (χ3v) is 6.73. The second-order valence-electron chi connectivity index (χ2n) is 9.30. The van der Waals surface area contributed by atoms with Gasteiger partial charge < -0.3 is 14.2 Å². The van der Waals surface area contributed by atoms with Gasteiger partial charge in [0.15, 0.2) is 5.82 Å². The molecule has 8 heteroatoms. The number of aliphatic imine (C=N–C) groups is 3. The quantitative estimate of drug-likeness (QED) is 0.368. The van der Waals surface area contributed by atoms with Crippen LogP contribution in [0, 0.1) is 0 Å². The van der Waals surface area contributed by atoms with Crippen LogP contribution in [0.3, 0.4) is 0 Å². The van der Waals surface area contributed by atoms with Crippen LogP contribution in [0.2, 0.25) is 0 Å². The monoisotopic (exact) mass is 515 g/mol. The molecule has 3 aromatic carbocycles. The number of rotatable bonds is 6. The van der Waals surface area contributed by atoms with Gasteiger partial charge in [-0.15, -0.1) is 0 Å². The number of ether oxygens (including phenoxy) is 3. The Kier molecular flexibility index (Phi) is 6.05. The first kappa shape index (κ1) is 23.3. The molecule has 0 atom stereocenters. The van der Waals surface area contributed by atoms with Gasteiger partial charge in [-0.25, -0.2) is 24.9 Å². The highest BCUT2D eigenvalue weighted by atomic mass is 16.5. The van der Waals surface area contributed by atoms with Crippen molar-refractivity contribution in [2.75, 3.05) is 39.5 Å². The lowest BCUT2D eigenvalue weighted by Crippen LogP contribution is -2.02. The predicted octanol–water partition coefficient (Wildman–Crippen LogP) is 4.81. The lowest BCUT2D eigenvalue weighted by atomic mass is 10.0. The summed E-state index contributed by atoms with van der Waals surface area (Å²) in [6, 6.07) is 26.3. The Morgan fingerprint density at radius 2 is 0.744 bits per heavy atom. The van der Waals surface area contributed by atoms with E-state index in [4.69, 9.17) is 24.2 Å². The van der Waals surface area contributed by atoms with Gasteiger partial charge in [-0.2, -0.15) is 0 Å². The molecule has 0 radical (unpaired) electrons. The molecule has 3 aliphatic heterocycles. The Bertz CT molecular complexity index is 1400. The lowest BCUT2D eigenvalue weighted by Gasteiger charge is -2.11. The van der Waals surface area contributed by atoms with Gasteiger partial charge in [0.25, 0.3) is 0 Å². The molecular formula is C31H25N5O3. The fraction of sp³-hybridized carbons (Fsp3) is 0.194. The normalized spacial score (nSPS) is 16.2. The molecule has 0 N–H and O–H groups in total. The Hall–Kier alpha value is -4.85. The van der Waals surface area contributed by atoms with Gasteiger partial charge in [0.1, 0.15) is 19.8 Å². The maximum Gasteiger partial charge on any atom is 0.216 e. The van der Waals surface area contributed by atoms with Crippen LogP contribution in [-0.2, 0) is 14.2 Å². The molecule has 0 bridgehead atoms. The zero-order valence-corrected chi connectivity index (χ0v) is 21.2. The molecule has 4 aromatic rings. The summed E-state index contributed by atoms with van der Waals surface area (Å²) >= 11 is 0. The number of nitrogens with zero attached hydrogens (tertiary/aromatic N) is 5. The Labute approximate surface area is 225 Å². The van der Waals surface area contributed by atoms with Gasteiger partial charge >= 0.3 is 0 Å². The Morgan fingerprint density at radius 1 is 0.410 bits per heavy atom. The summed E-state index contributed by atoms with van der Waals surface area (Å²) in [4.78, 5) is 23.2. The molecule has 0 unspecified atom stereocenters. The standard InChI is InChI=1S/C31H25N5O3/c1-7-23(29-32-13-16-37-29)8-2-20(1)26-19-27(21-3-9-24(10-4-21)30-33-14-17-38-30)36-28(35-26)22-5-11-25(12-6-22)31-34-15-18-39-31/h1-12,19H,13-18H2. The van der Waals surface area contributed by atoms with E-state index >= 15 is 0 Å². The molecule has 0 aliphatic carbocycles. The lowest BCUT2D eigenvalue weighted by molar-refractivity contribution is 0.348. The molecule has 192 valence electrons. The van der Waals surface area contributed by atoms with Gasteiger partial charge in [0.2, 0.25) is 17.7 Å². The molecule has 0 amide bonds. The van der Waals surface area contributed by atoms with Crippen LogP contribution in [0.5, 0.6) is 0 Å². The summed E-state index contributed by atoms with van der Waals surface area (Å²) in [6.07, 6.45) is 0. The maximum atomic E-state index is 5.62. The van der Waals surface area contributed by atoms with E-state index in [0.717, 1.165) is 44.8 Å². The van der Waals surface area contributed by atoms with Crippen molar-refractivity contribution in [3.8, 4) is 33.9 Å². The van der Waals surface area contributed by atoms with Crippen LogP contribution < -0.4 is 0 Å². The number of aromatic nitrogens is 2. The molecule has 0 saturated carbocycles. The van der Waals surface area contributed by atoms with E-state index in [1.807, 2.05) is 78.9 Å². The molecule has 0 fully saturated rings. The van der Waals surface area contributed by atoms with Crippen molar-refractivity contribution in [1.29, 1.82) is 0 Å². The first-order chi connectivity index (χ1) is 19.3. The van der Waals surface area contributed by atoms with E-state index in [2.05, 4.69) is 15.0 Å². The Balaban J connectivity index is 1.27. The second kappa shape index (κ2) is 10.1. The van der Waals surface area contributed by atoms with Gasteiger partial charge in [0.05, 0.1) is 31.0 Å². The van der Waals surface area contributed by atoms with Crippen LogP contribution in [0.1, 0.15) is 16.7 Å². The first-order valence-corrected chi connectivity index (χ1v) is 13.0. The fourth-order valence-electron chi connectivity index (χ4n) is 4.73. The summed E-state index contributed by atoms with van der Waals surface area (Å²) < 4.78 is 16.9. The van der Waals surface area contributed by atoms with Crippen LogP contribution in [0.4, 0.5) is 0 Å². The van der Waals surface area contributed by atoms with E-state index in [0.29, 0.717) is 63.0 Å². The maximum absolute atomic E-state index is 5.62.